The van der Waals surface area contributed by atoms with E-state index >= 15 is 0 Å². The van der Waals surface area contributed by atoms with Crippen LogP contribution in [0.5, 0.6) is 0 Å². The topological polar surface area (TPSA) is 32.3 Å². The maximum Gasteiger partial charge on any atom is 0.224 e. The van der Waals surface area contributed by atoms with E-state index < -0.39 is 0 Å². The highest BCUT2D eigenvalue weighted by Crippen LogP contribution is 2.31. The predicted octanol–water partition coefficient (Wildman–Crippen LogP) is 3.58. The molecule has 0 unspecified atom stereocenters. The molecule has 20 heavy (non-hydrogen) atoms. The van der Waals surface area contributed by atoms with Crippen LogP contribution in [0, 0.1) is 5.92 Å². The van der Waals surface area contributed by atoms with Crippen molar-refractivity contribution in [1.29, 1.82) is 0 Å². The summed E-state index contributed by atoms with van der Waals surface area (Å²) in [4.78, 5) is 14.7. The Morgan fingerprint density at radius 3 is 2.20 bits per heavy atom. The molecule has 0 atom stereocenters. The predicted molar refractivity (Wildman–Crippen MR) is 85.8 cm³/mol. The molecule has 1 fully saturated rings. The molecule has 1 saturated carbocycles. The number of amides is 1. The molecule has 3 nitrogen and oxygen atoms in total. The molecule has 0 bridgehead atoms. The van der Waals surface area contributed by atoms with E-state index in [-0.39, 0.29) is 5.54 Å². The van der Waals surface area contributed by atoms with Crippen LogP contribution in [0.25, 0.3) is 0 Å². The number of carbonyl (C=O) groups is 1. The summed E-state index contributed by atoms with van der Waals surface area (Å²) in [5.74, 6) is 0.992. The van der Waals surface area contributed by atoms with Crippen molar-refractivity contribution in [3.63, 3.8) is 0 Å². The highest BCUT2D eigenvalue weighted by atomic mass is 16.2. The van der Waals surface area contributed by atoms with Crippen molar-refractivity contribution in [2.75, 3.05) is 20.1 Å². The summed E-state index contributed by atoms with van der Waals surface area (Å²) in [6.45, 7) is 8.33. The molecule has 0 saturated heterocycles. The standard InChI is InChI=1S/C17H34N2O/c1-5-15(6-2)14-19(7-3)16(20)13-17(18-4)11-9-8-10-12-17/h15,18H,5-14H2,1-4H3. The monoisotopic (exact) mass is 282 g/mol. The summed E-state index contributed by atoms with van der Waals surface area (Å²) >= 11 is 0. The fourth-order valence-corrected chi connectivity index (χ4v) is 3.41. The van der Waals surface area contributed by atoms with Crippen molar-refractivity contribution in [3.8, 4) is 0 Å². The molecular formula is C17H34N2O. The average Bonchev–Trinajstić information content (AvgIpc) is 2.49. The van der Waals surface area contributed by atoms with Crippen LogP contribution < -0.4 is 5.32 Å². The van der Waals surface area contributed by atoms with Crippen molar-refractivity contribution >= 4 is 5.91 Å². The summed E-state index contributed by atoms with van der Waals surface area (Å²) < 4.78 is 0. The first-order valence-corrected chi connectivity index (χ1v) is 8.57. The Hall–Kier alpha value is -0.570. The third kappa shape index (κ3) is 4.76. The Morgan fingerprint density at radius 1 is 1.15 bits per heavy atom. The first-order valence-electron chi connectivity index (χ1n) is 8.57. The van der Waals surface area contributed by atoms with Gasteiger partial charge in [0, 0.05) is 25.0 Å². The lowest BCUT2D eigenvalue weighted by atomic mass is 9.79. The zero-order valence-corrected chi connectivity index (χ0v) is 14.0. The summed E-state index contributed by atoms with van der Waals surface area (Å²) in [6, 6.07) is 0. The van der Waals surface area contributed by atoms with E-state index in [0.717, 1.165) is 38.8 Å². The van der Waals surface area contributed by atoms with E-state index in [1.54, 1.807) is 0 Å². The second-order valence-electron chi connectivity index (χ2n) is 6.38. The van der Waals surface area contributed by atoms with Gasteiger partial charge in [0.05, 0.1) is 0 Å². The number of hydrogen-bond donors (Lipinski definition) is 1. The van der Waals surface area contributed by atoms with Crippen LogP contribution in [0.4, 0.5) is 0 Å². The Labute approximate surface area is 125 Å². The van der Waals surface area contributed by atoms with Crippen molar-refractivity contribution in [2.24, 2.45) is 5.92 Å². The minimum atomic E-state index is 0.0662. The van der Waals surface area contributed by atoms with Gasteiger partial charge in [-0.25, -0.2) is 0 Å². The molecule has 0 spiro atoms. The quantitative estimate of drug-likeness (QED) is 0.738. The van der Waals surface area contributed by atoms with Crippen molar-refractivity contribution in [1.82, 2.24) is 10.2 Å². The maximum atomic E-state index is 12.7. The molecule has 0 heterocycles. The van der Waals surface area contributed by atoms with Crippen LogP contribution in [-0.2, 0) is 4.79 Å². The van der Waals surface area contributed by atoms with Crippen molar-refractivity contribution in [2.45, 2.75) is 77.7 Å². The van der Waals surface area contributed by atoms with Crippen LogP contribution >= 0.6 is 0 Å². The van der Waals surface area contributed by atoms with E-state index in [1.165, 1.54) is 19.3 Å². The molecule has 1 aliphatic carbocycles. The summed E-state index contributed by atoms with van der Waals surface area (Å²) in [7, 11) is 2.02. The highest BCUT2D eigenvalue weighted by molar-refractivity contribution is 5.77. The molecule has 1 amide bonds. The summed E-state index contributed by atoms with van der Waals surface area (Å²) in [6.07, 6.45) is 9.14. The zero-order valence-electron chi connectivity index (χ0n) is 14.0. The first-order chi connectivity index (χ1) is 9.60. The second-order valence-corrected chi connectivity index (χ2v) is 6.38. The van der Waals surface area contributed by atoms with Gasteiger partial charge in [-0.2, -0.15) is 0 Å². The second kappa shape index (κ2) is 8.66. The molecule has 118 valence electrons. The Bertz CT molecular complexity index is 281. The lowest BCUT2D eigenvalue weighted by molar-refractivity contribution is -0.133. The molecule has 0 radical (unpaired) electrons. The third-order valence-electron chi connectivity index (χ3n) is 5.20. The SMILES string of the molecule is CCC(CC)CN(CC)C(=O)CC1(NC)CCCCC1. The molecule has 0 aromatic carbocycles. The van der Waals surface area contributed by atoms with Crippen molar-refractivity contribution in [3.05, 3.63) is 0 Å². The van der Waals surface area contributed by atoms with Gasteiger partial charge in [0.15, 0.2) is 0 Å². The Morgan fingerprint density at radius 2 is 1.75 bits per heavy atom. The normalized spacial score (nSPS) is 18.2. The molecule has 1 N–H and O–H groups in total. The van der Waals surface area contributed by atoms with Crippen LogP contribution in [0.3, 0.4) is 0 Å². The maximum absolute atomic E-state index is 12.7. The third-order valence-corrected chi connectivity index (χ3v) is 5.20. The van der Waals surface area contributed by atoms with Gasteiger partial charge in [0.1, 0.15) is 0 Å². The van der Waals surface area contributed by atoms with E-state index in [1.807, 2.05) is 7.05 Å². The van der Waals surface area contributed by atoms with Crippen LogP contribution in [0.15, 0.2) is 0 Å². The molecule has 3 heteroatoms. The Balaban J connectivity index is 2.61. The van der Waals surface area contributed by atoms with E-state index in [2.05, 4.69) is 31.0 Å². The van der Waals surface area contributed by atoms with Gasteiger partial charge >= 0.3 is 0 Å². The van der Waals surface area contributed by atoms with Gasteiger partial charge in [-0.3, -0.25) is 4.79 Å². The van der Waals surface area contributed by atoms with Crippen LogP contribution in [0.1, 0.15) is 72.1 Å². The van der Waals surface area contributed by atoms with E-state index in [9.17, 15) is 4.79 Å². The molecule has 0 aromatic rings. The minimum absolute atomic E-state index is 0.0662. The van der Waals surface area contributed by atoms with Gasteiger partial charge in [-0.1, -0.05) is 46.0 Å². The lowest BCUT2D eigenvalue weighted by Gasteiger charge is -2.38. The summed E-state index contributed by atoms with van der Waals surface area (Å²) in [5, 5.41) is 3.46. The number of carbonyl (C=O) groups excluding carboxylic acids is 1. The van der Waals surface area contributed by atoms with E-state index in [0.29, 0.717) is 18.2 Å². The van der Waals surface area contributed by atoms with E-state index in [4.69, 9.17) is 0 Å². The number of nitrogens with zero attached hydrogens (tertiary/aromatic N) is 1. The van der Waals surface area contributed by atoms with Gasteiger partial charge in [0.25, 0.3) is 0 Å². The highest BCUT2D eigenvalue weighted by Gasteiger charge is 2.34. The van der Waals surface area contributed by atoms with Crippen LogP contribution in [-0.4, -0.2) is 36.5 Å². The first kappa shape index (κ1) is 17.5. The fraction of sp³-hybridized carbons (Fsp3) is 0.941. The smallest absolute Gasteiger partial charge is 0.224 e. The molecule has 0 aromatic heterocycles. The number of hydrogen-bond acceptors (Lipinski definition) is 2. The van der Waals surface area contributed by atoms with Gasteiger partial charge in [-0.15, -0.1) is 0 Å². The molecule has 1 rings (SSSR count). The number of rotatable bonds is 8. The molecule has 1 aliphatic rings. The molecular weight excluding hydrogens is 248 g/mol. The minimum Gasteiger partial charge on any atom is -0.343 e. The van der Waals surface area contributed by atoms with Gasteiger partial charge in [0.2, 0.25) is 5.91 Å². The average molecular weight is 282 g/mol. The lowest BCUT2D eigenvalue weighted by Crippen LogP contribution is -2.49. The van der Waals surface area contributed by atoms with Crippen molar-refractivity contribution < 1.29 is 4.79 Å². The molecule has 0 aliphatic heterocycles. The largest absolute Gasteiger partial charge is 0.343 e. The number of nitrogens with one attached hydrogen (secondary N) is 1. The van der Waals surface area contributed by atoms with Crippen LogP contribution in [0.2, 0.25) is 0 Å². The van der Waals surface area contributed by atoms with Gasteiger partial charge < -0.3 is 10.2 Å². The van der Waals surface area contributed by atoms with Gasteiger partial charge in [-0.05, 0) is 32.7 Å². The summed E-state index contributed by atoms with van der Waals surface area (Å²) in [5.41, 5.74) is 0.0662. The zero-order chi connectivity index (χ0) is 15.0. The Kier molecular flexibility index (Phi) is 7.57. The fourth-order valence-electron chi connectivity index (χ4n) is 3.41.